The van der Waals surface area contributed by atoms with E-state index in [2.05, 4.69) is 4.74 Å². The average molecular weight is 287 g/mol. The summed E-state index contributed by atoms with van der Waals surface area (Å²) in [5, 5.41) is 0. The van der Waals surface area contributed by atoms with E-state index in [0.29, 0.717) is 0 Å². The van der Waals surface area contributed by atoms with Crippen LogP contribution in [0, 0.1) is 0 Å². The van der Waals surface area contributed by atoms with Crippen LogP contribution in [-0.2, 0) is 23.8 Å². The third-order valence-corrected chi connectivity index (χ3v) is 2.70. The maximum Gasteiger partial charge on any atom is 0.411 e. The Hall–Kier alpha value is -1.79. The molecule has 114 valence electrons. The zero-order valence-corrected chi connectivity index (χ0v) is 12.5. The second-order valence-electron chi connectivity index (χ2n) is 5.64. The highest BCUT2D eigenvalue weighted by Crippen LogP contribution is 2.24. The molecule has 1 saturated heterocycles. The molecule has 0 spiro atoms. The molecule has 0 N–H and O–H groups in total. The lowest BCUT2D eigenvalue weighted by atomic mass is 10.2. The number of amides is 1. The normalized spacial score (nSPS) is 22.4. The molecule has 2 atom stereocenters. The molecule has 7 heteroatoms. The highest BCUT2D eigenvalue weighted by atomic mass is 16.6. The number of hydrogen-bond donors (Lipinski definition) is 0. The fourth-order valence-electron chi connectivity index (χ4n) is 2.00. The Morgan fingerprint density at radius 3 is 2.25 bits per heavy atom. The van der Waals surface area contributed by atoms with Gasteiger partial charge in [-0.2, -0.15) is 0 Å². The van der Waals surface area contributed by atoms with Crippen LogP contribution in [0.4, 0.5) is 4.79 Å². The van der Waals surface area contributed by atoms with Gasteiger partial charge in [-0.25, -0.2) is 9.59 Å². The van der Waals surface area contributed by atoms with E-state index < -0.39 is 35.8 Å². The van der Waals surface area contributed by atoms with Crippen molar-refractivity contribution in [3.63, 3.8) is 0 Å². The molecule has 1 rings (SSSR count). The average Bonchev–Trinajstić information content (AvgIpc) is 2.68. The SMILES string of the molecule is COC(=O)[C@H]1CC(OC(C)=O)CN1C(=O)OC(C)(C)C. The number of methoxy groups -OCH3 is 1. The molecule has 0 saturated carbocycles. The van der Waals surface area contributed by atoms with Crippen molar-refractivity contribution in [3.8, 4) is 0 Å². The molecule has 1 aliphatic heterocycles. The van der Waals surface area contributed by atoms with Gasteiger partial charge in [0.2, 0.25) is 0 Å². The quantitative estimate of drug-likeness (QED) is 0.559. The van der Waals surface area contributed by atoms with E-state index in [1.165, 1.54) is 18.9 Å². The van der Waals surface area contributed by atoms with Crippen molar-refractivity contribution in [2.75, 3.05) is 13.7 Å². The number of likely N-dealkylation sites (tertiary alicyclic amines) is 1. The van der Waals surface area contributed by atoms with Crippen LogP contribution in [0.3, 0.4) is 0 Å². The van der Waals surface area contributed by atoms with Crippen molar-refractivity contribution in [2.45, 2.75) is 51.9 Å². The molecule has 0 aromatic carbocycles. The lowest BCUT2D eigenvalue weighted by Crippen LogP contribution is -2.44. The first-order chi connectivity index (χ1) is 9.14. The molecule has 20 heavy (non-hydrogen) atoms. The first-order valence-corrected chi connectivity index (χ1v) is 6.38. The van der Waals surface area contributed by atoms with E-state index >= 15 is 0 Å². The summed E-state index contributed by atoms with van der Waals surface area (Å²) in [6, 6.07) is -0.792. The Kier molecular flexibility index (Phi) is 4.97. The molecule has 0 radical (unpaired) electrons. The van der Waals surface area contributed by atoms with Crippen molar-refractivity contribution in [1.82, 2.24) is 4.90 Å². The summed E-state index contributed by atoms with van der Waals surface area (Å²) in [5.41, 5.74) is -0.669. The number of rotatable bonds is 2. The second kappa shape index (κ2) is 6.11. The van der Waals surface area contributed by atoms with Gasteiger partial charge in [-0.1, -0.05) is 0 Å². The third-order valence-electron chi connectivity index (χ3n) is 2.70. The summed E-state index contributed by atoms with van der Waals surface area (Å²) in [6.07, 6.45) is -0.933. The van der Waals surface area contributed by atoms with Crippen molar-refractivity contribution in [3.05, 3.63) is 0 Å². The Labute approximate surface area is 118 Å². The third kappa shape index (κ3) is 4.40. The van der Waals surface area contributed by atoms with Gasteiger partial charge in [-0.05, 0) is 20.8 Å². The molecule has 0 aromatic heterocycles. The number of carbonyl (C=O) groups excluding carboxylic acids is 3. The van der Waals surface area contributed by atoms with E-state index in [9.17, 15) is 14.4 Å². The van der Waals surface area contributed by atoms with Gasteiger partial charge in [0.1, 0.15) is 17.7 Å². The maximum absolute atomic E-state index is 12.1. The van der Waals surface area contributed by atoms with E-state index in [0.717, 1.165) is 0 Å². The highest BCUT2D eigenvalue weighted by molar-refractivity contribution is 5.82. The monoisotopic (exact) mass is 287 g/mol. The minimum Gasteiger partial charge on any atom is -0.467 e. The lowest BCUT2D eigenvalue weighted by molar-refractivity contribution is -0.148. The molecular formula is C13H21NO6. The summed E-state index contributed by atoms with van der Waals surface area (Å²) >= 11 is 0. The first kappa shape index (κ1) is 16.3. The van der Waals surface area contributed by atoms with E-state index in [1.54, 1.807) is 20.8 Å². The van der Waals surface area contributed by atoms with Gasteiger partial charge in [-0.15, -0.1) is 0 Å². The second-order valence-corrected chi connectivity index (χ2v) is 5.64. The van der Waals surface area contributed by atoms with Crippen LogP contribution in [0.15, 0.2) is 0 Å². The maximum atomic E-state index is 12.1. The predicted molar refractivity (Wildman–Crippen MR) is 68.9 cm³/mol. The van der Waals surface area contributed by atoms with Crippen LogP contribution in [0.1, 0.15) is 34.1 Å². The number of carbonyl (C=O) groups is 3. The Morgan fingerprint density at radius 2 is 1.80 bits per heavy atom. The standard InChI is InChI=1S/C13H21NO6/c1-8(15)19-9-6-10(11(16)18-5)14(7-9)12(17)20-13(2,3)4/h9-10H,6-7H2,1-5H3/t9?,10-/m1/s1. The predicted octanol–water partition coefficient (Wildman–Crippen LogP) is 1.10. The van der Waals surface area contributed by atoms with E-state index in [1.807, 2.05) is 0 Å². The summed E-state index contributed by atoms with van der Waals surface area (Å²) in [6.45, 7) is 6.60. The smallest absolute Gasteiger partial charge is 0.411 e. The summed E-state index contributed by atoms with van der Waals surface area (Å²) in [7, 11) is 1.24. The molecule has 1 unspecified atom stereocenters. The number of hydrogen-bond acceptors (Lipinski definition) is 6. The Morgan fingerprint density at radius 1 is 1.20 bits per heavy atom. The summed E-state index contributed by atoms with van der Waals surface area (Å²) in [4.78, 5) is 36.0. The molecule has 0 aliphatic carbocycles. The zero-order valence-electron chi connectivity index (χ0n) is 12.5. The van der Waals surface area contributed by atoms with E-state index in [-0.39, 0.29) is 13.0 Å². The Bertz CT molecular complexity index is 400. The van der Waals surface area contributed by atoms with Crippen molar-refractivity contribution >= 4 is 18.0 Å². The lowest BCUT2D eigenvalue weighted by Gasteiger charge is -2.27. The number of ether oxygens (including phenoxy) is 3. The van der Waals surface area contributed by atoms with Gasteiger partial charge >= 0.3 is 18.0 Å². The van der Waals surface area contributed by atoms with E-state index in [4.69, 9.17) is 9.47 Å². The topological polar surface area (TPSA) is 82.1 Å². The largest absolute Gasteiger partial charge is 0.467 e. The molecular weight excluding hydrogens is 266 g/mol. The van der Waals surface area contributed by atoms with Crippen molar-refractivity contribution in [2.24, 2.45) is 0 Å². The molecule has 1 heterocycles. The summed E-state index contributed by atoms with van der Waals surface area (Å²) < 4.78 is 15.0. The van der Waals surface area contributed by atoms with Crippen molar-refractivity contribution < 1.29 is 28.6 Å². The first-order valence-electron chi connectivity index (χ1n) is 6.38. The van der Waals surface area contributed by atoms with Crippen LogP contribution in [0.2, 0.25) is 0 Å². The van der Waals surface area contributed by atoms with Gasteiger partial charge in [0.25, 0.3) is 0 Å². The minimum atomic E-state index is -0.792. The molecule has 1 aliphatic rings. The summed E-state index contributed by atoms with van der Waals surface area (Å²) in [5.74, 6) is -1.00. The molecule has 0 aromatic rings. The van der Waals surface area contributed by atoms with Gasteiger partial charge < -0.3 is 14.2 Å². The number of nitrogens with zero attached hydrogens (tertiary/aromatic N) is 1. The van der Waals surface area contributed by atoms with Crippen LogP contribution >= 0.6 is 0 Å². The van der Waals surface area contributed by atoms with Crippen LogP contribution in [0.25, 0.3) is 0 Å². The van der Waals surface area contributed by atoms with Gasteiger partial charge in [0.05, 0.1) is 13.7 Å². The fraction of sp³-hybridized carbons (Fsp3) is 0.769. The molecule has 1 amide bonds. The fourth-order valence-corrected chi connectivity index (χ4v) is 2.00. The van der Waals surface area contributed by atoms with Crippen LogP contribution in [0.5, 0.6) is 0 Å². The van der Waals surface area contributed by atoms with Crippen LogP contribution < -0.4 is 0 Å². The van der Waals surface area contributed by atoms with Crippen molar-refractivity contribution in [1.29, 1.82) is 0 Å². The van der Waals surface area contributed by atoms with Gasteiger partial charge in [0.15, 0.2) is 0 Å². The zero-order chi connectivity index (χ0) is 15.5. The van der Waals surface area contributed by atoms with Crippen LogP contribution in [-0.4, -0.2) is 54.3 Å². The molecule has 0 bridgehead atoms. The highest BCUT2D eigenvalue weighted by Gasteiger charge is 2.43. The van der Waals surface area contributed by atoms with Gasteiger partial charge in [-0.3, -0.25) is 9.69 Å². The van der Waals surface area contributed by atoms with Gasteiger partial charge in [0, 0.05) is 13.3 Å². The number of esters is 2. The Balaban J connectivity index is 2.81. The minimum absolute atomic E-state index is 0.119. The molecule has 1 fully saturated rings. The molecule has 7 nitrogen and oxygen atoms in total.